The predicted molar refractivity (Wildman–Crippen MR) is 62.2 cm³/mol. The van der Waals surface area contributed by atoms with Crippen LogP contribution in [0.25, 0.3) is 0 Å². The minimum atomic E-state index is -0.364. The van der Waals surface area contributed by atoms with Crippen molar-refractivity contribution in [3.63, 3.8) is 0 Å². The zero-order chi connectivity index (χ0) is 11.5. The third-order valence-corrected chi connectivity index (χ3v) is 2.67. The maximum absolute atomic E-state index is 13.4. The Morgan fingerprint density at radius 2 is 2.19 bits per heavy atom. The van der Waals surface area contributed by atoms with Crippen LogP contribution in [0.5, 0.6) is 0 Å². The Hall–Kier alpha value is -1.48. The molecule has 0 bridgehead atoms. The molecule has 0 atom stereocenters. The molecule has 2 aromatic rings. The Kier molecular flexibility index (Phi) is 3.15. The van der Waals surface area contributed by atoms with Crippen LogP contribution in [-0.4, -0.2) is 0 Å². The number of aryl methyl sites for hydroxylation is 1. The van der Waals surface area contributed by atoms with E-state index < -0.39 is 0 Å². The summed E-state index contributed by atoms with van der Waals surface area (Å²) in [6, 6.07) is 6.44. The van der Waals surface area contributed by atoms with Gasteiger partial charge >= 0.3 is 0 Å². The Labute approximate surface area is 98.0 Å². The first-order chi connectivity index (χ1) is 7.68. The Bertz CT molecular complexity index is 475. The lowest BCUT2D eigenvalue weighted by atomic mass is 10.2. The maximum Gasteiger partial charge on any atom is 0.147 e. The second-order valence-corrected chi connectivity index (χ2v) is 3.88. The van der Waals surface area contributed by atoms with Gasteiger partial charge in [-0.25, -0.2) is 4.39 Å². The second-order valence-electron chi connectivity index (χ2n) is 3.48. The molecule has 0 saturated carbocycles. The highest BCUT2D eigenvalue weighted by atomic mass is 35.5. The van der Waals surface area contributed by atoms with Crippen molar-refractivity contribution in [3.8, 4) is 0 Å². The second kappa shape index (κ2) is 4.58. The smallest absolute Gasteiger partial charge is 0.147 e. The van der Waals surface area contributed by atoms with Gasteiger partial charge in [-0.15, -0.1) is 0 Å². The first-order valence-electron chi connectivity index (χ1n) is 4.89. The van der Waals surface area contributed by atoms with Crippen molar-refractivity contribution >= 4 is 17.3 Å². The number of para-hydroxylation sites is 1. The van der Waals surface area contributed by atoms with Gasteiger partial charge in [0.1, 0.15) is 11.6 Å². The monoisotopic (exact) mass is 239 g/mol. The molecule has 16 heavy (non-hydrogen) atoms. The molecule has 84 valence electrons. The lowest BCUT2D eigenvalue weighted by Gasteiger charge is -2.08. The molecule has 1 aromatic heterocycles. The van der Waals surface area contributed by atoms with E-state index in [2.05, 4.69) is 5.32 Å². The molecule has 0 aliphatic carbocycles. The topological polar surface area (TPSA) is 25.2 Å². The normalized spacial score (nSPS) is 10.4. The molecule has 0 fully saturated rings. The van der Waals surface area contributed by atoms with Gasteiger partial charge in [0.2, 0.25) is 0 Å². The number of hydrogen-bond donors (Lipinski definition) is 1. The van der Waals surface area contributed by atoms with Crippen molar-refractivity contribution in [1.29, 1.82) is 0 Å². The fourth-order valence-corrected chi connectivity index (χ4v) is 1.65. The third-order valence-electron chi connectivity index (χ3n) is 2.36. The molecule has 0 amide bonds. The van der Waals surface area contributed by atoms with Gasteiger partial charge in [-0.2, -0.15) is 0 Å². The lowest BCUT2D eigenvalue weighted by Crippen LogP contribution is -2.02. The van der Waals surface area contributed by atoms with Crippen LogP contribution in [0.3, 0.4) is 0 Å². The molecule has 1 N–H and O–H groups in total. The van der Waals surface area contributed by atoms with E-state index in [9.17, 15) is 4.39 Å². The summed E-state index contributed by atoms with van der Waals surface area (Å²) in [5.41, 5.74) is 1.33. The minimum absolute atomic E-state index is 0.306. The van der Waals surface area contributed by atoms with Gasteiger partial charge in [0.05, 0.1) is 23.5 Å². The Balaban J connectivity index is 2.14. The third kappa shape index (κ3) is 2.19. The molecule has 1 heterocycles. The van der Waals surface area contributed by atoms with E-state index in [0.29, 0.717) is 17.3 Å². The summed E-state index contributed by atoms with van der Waals surface area (Å²) in [7, 11) is 0. The van der Waals surface area contributed by atoms with E-state index in [0.717, 1.165) is 11.3 Å². The highest BCUT2D eigenvalue weighted by molar-refractivity contribution is 6.33. The summed E-state index contributed by atoms with van der Waals surface area (Å²) >= 11 is 5.88. The lowest BCUT2D eigenvalue weighted by molar-refractivity contribution is 0.514. The van der Waals surface area contributed by atoms with Gasteiger partial charge in [-0.05, 0) is 30.7 Å². The summed E-state index contributed by atoms with van der Waals surface area (Å²) in [5, 5.41) is 3.29. The van der Waals surface area contributed by atoms with E-state index >= 15 is 0 Å². The zero-order valence-electron chi connectivity index (χ0n) is 8.76. The van der Waals surface area contributed by atoms with E-state index in [4.69, 9.17) is 16.0 Å². The number of benzene rings is 1. The van der Waals surface area contributed by atoms with Crippen molar-refractivity contribution in [1.82, 2.24) is 0 Å². The molecular weight excluding hydrogens is 229 g/mol. The van der Waals surface area contributed by atoms with Gasteiger partial charge in [-0.3, -0.25) is 0 Å². The molecule has 2 rings (SSSR count). The van der Waals surface area contributed by atoms with Crippen molar-refractivity contribution in [2.45, 2.75) is 13.5 Å². The van der Waals surface area contributed by atoms with Crippen LogP contribution < -0.4 is 5.32 Å². The van der Waals surface area contributed by atoms with Gasteiger partial charge in [0.25, 0.3) is 0 Å². The fourth-order valence-electron chi connectivity index (χ4n) is 1.42. The van der Waals surface area contributed by atoms with E-state index in [-0.39, 0.29) is 5.82 Å². The van der Waals surface area contributed by atoms with Crippen LogP contribution in [0.2, 0.25) is 5.02 Å². The molecule has 2 nitrogen and oxygen atoms in total. The number of hydrogen-bond acceptors (Lipinski definition) is 2. The highest BCUT2D eigenvalue weighted by Gasteiger charge is 2.08. The standard InChI is InChI=1S/C12H11ClFNO/c1-8-5-6-16-11(8)7-15-12-9(13)3-2-4-10(12)14/h2-6,15H,7H2,1H3. The largest absolute Gasteiger partial charge is 0.467 e. The first kappa shape index (κ1) is 11.0. The molecule has 0 unspecified atom stereocenters. The van der Waals surface area contributed by atoms with E-state index in [1.807, 2.05) is 13.0 Å². The Morgan fingerprint density at radius 1 is 1.38 bits per heavy atom. The van der Waals surface area contributed by atoms with Gasteiger partial charge < -0.3 is 9.73 Å². The summed E-state index contributed by atoms with van der Waals surface area (Å²) in [4.78, 5) is 0. The predicted octanol–water partition coefficient (Wildman–Crippen LogP) is 3.99. The minimum Gasteiger partial charge on any atom is -0.467 e. The van der Waals surface area contributed by atoms with Crippen LogP contribution in [0.4, 0.5) is 10.1 Å². The zero-order valence-corrected chi connectivity index (χ0v) is 9.51. The molecule has 0 spiro atoms. The SMILES string of the molecule is Cc1ccoc1CNc1c(F)cccc1Cl. The summed E-state index contributed by atoms with van der Waals surface area (Å²) in [5.74, 6) is 0.413. The van der Waals surface area contributed by atoms with Crippen LogP contribution >= 0.6 is 11.6 Å². The molecule has 0 saturated heterocycles. The van der Waals surface area contributed by atoms with E-state index in [1.165, 1.54) is 6.07 Å². The summed E-state index contributed by atoms with van der Waals surface area (Å²) in [6.07, 6.45) is 1.61. The maximum atomic E-state index is 13.4. The van der Waals surface area contributed by atoms with Crippen LogP contribution in [0.15, 0.2) is 34.9 Å². The van der Waals surface area contributed by atoms with Gasteiger partial charge in [0.15, 0.2) is 0 Å². The number of halogens is 2. The summed E-state index contributed by atoms with van der Waals surface area (Å²) in [6.45, 7) is 2.35. The molecule has 0 radical (unpaired) electrons. The average molecular weight is 240 g/mol. The van der Waals surface area contributed by atoms with Crippen LogP contribution in [-0.2, 0) is 6.54 Å². The van der Waals surface area contributed by atoms with Crippen LogP contribution in [0, 0.1) is 12.7 Å². The fraction of sp³-hybridized carbons (Fsp3) is 0.167. The van der Waals surface area contributed by atoms with Crippen molar-refractivity contribution in [3.05, 3.63) is 52.7 Å². The van der Waals surface area contributed by atoms with Crippen molar-refractivity contribution in [2.24, 2.45) is 0 Å². The van der Waals surface area contributed by atoms with Crippen molar-refractivity contribution in [2.75, 3.05) is 5.32 Å². The summed E-state index contributed by atoms with van der Waals surface area (Å²) < 4.78 is 18.6. The quantitative estimate of drug-likeness (QED) is 0.876. The average Bonchev–Trinajstić information content (AvgIpc) is 2.64. The number of nitrogens with one attached hydrogen (secondary N) is 1. The number of furan rings is 1. The Morgan fingerprint density at radius 3 is 2.81 bits per heavy atom. The molecule has 0 aliphatic rings. The van der Waals surface area contributed by atoms with Gasteiger partial charge in [0, 0.05) is 0 Å². The van der Waals surface area contributed by atoms with Crippen LogP contribution in [0.1, 0.15) is 11.3 Å². The highest BCUT2D eigenvalue weighted by Crippen LogP contribution is 2.25. The first-order valence-corrected chi connectivity index (χ1v) is 5.27. The van der Waals surface area contributed by atoms with Gasteiger partial charge in [-0.1, -0.05) is 17.7 Å². The molecule has 4 heteroatoms. The molecule has 0 aliphatic heterocycles. The number of anilines is 1. The number of rotatable bonds is 3. The molecule has 1 aromatic carbocycles. The molecular formula is C12H11ClFNO. The van der Waals surface area contributed by atoms with E-state index in [1.54, 1.807) is 18.4 Å². The van der Waals surface area contributed by atoms with Crippen molar-refractivity contribution < 1.29 is 8.81 Å².